The number of carbonyl (C=O) groups excluding carboxylic acids is 2. The molecule has 0 aromatic heterocycles. The molecule has 1 amide bonds. The molecular weight excluding hydrogens is 278 g/mol. The summed E-state index contributed by atoms with van der Waals surface area (Å²) in [6.07, 6.45) is -1.25. The number of piperazine rings is 1. The van der Waals surface area contributed by atoms with E-state index in [0.717, 1.165) is 5.06 Å². The number of nitro groups is 1. The number of rotatable bonds is 3. The Labute approximate surface area is 121 Å². The summed E-state index contributed by atoms with van der Waals surface area (Å²) >= 11 is 0. The highest BCUT2D eigenvalue weighted by atomic mass is 16.7. The predicted octanol–water partition coefficient (Wildman–Crippen LogP) is 0.525. The molecule has 0 spiro atoms. The van der Waals surface area contributed by atoms with Gasteiger partial charge in [-0.25, -0.2) is 4.79 Å². The number of hydrogen-bond acceptors (Lipinski definition) is 6. The topological polar surface area (TPSA) is 93.0 Å². The number of benzene rings is 1. The third-order valence-electron chi connectivity index (χ3n) is 3.20. The van der Waals surface area contributed by atoms with Crippen molar-refractivity contribution < 1.29 is 19.3 Å². The van der Waals surface area contributed by atoms with E-state index in [2.05, 4.69) is 0 Å². The van der Waals surface area contributed by atoms with Crippen molar-refractivity contribution in [2.24, 2.45) is 0 Å². The minimum absolute atomic E-state index is 0.101. The van der Waals surface area contributed by atoms with Gasteiger partial charge in [0.15, 0.2) is 0 Å². The van der Waals surface area contributed by atoms with Gasteiger partial charge in [-0.05, 0) is 12.1 Å². The van der Waals surface area contributed by atoms with E-state index in [0.29, 0.717) is 5.56 Å². The van der Waals surface area contributed by atoms with E-state index in [4.69, 9.17) is 4.84 Å². The number of carbonyl (C=O) groups is 2. The largest absolute Gasteiger partial charge is 0.357 e. The van der Waals surface area contributed by atoms with Crippen LogP contribution in [0.5, 0.6) is 0 Å². The van der Waals surface area contributed by atoms with Crippen molar-refractivity contribution >= 4 is 11.9 Å². The van der Waals surface area contributed by atoms with Gasteiger partial charge in [0.05, 0.1) is 12.1 Å². The average Bonchev–Trinajstić information content (AvgIpc) is 2.48. The first kappa shape index (κ1) is 14.9. The summed E-state index contributed by atoms with van der Waals surface area (Å²) in [7, 11) is 0. The van der Waals surface area contributed by atoms with Crippen molar-refractivity contribution in [2.45, 2.75) is 13.1 Å². The van der Waals surface area contributed by atoms with Gasteiger partial charge in [0.2, 0.25) is 5.91 Å². The maximum Gasteiger partial charge on any atom is 0.357 e. The molecule has 1 aliphatic rings. The van der Waals surface area contributed by atoms with Crippen LogP contribution >= 0.6 is 0 Å². The van der Waals surface area contributed by atoms with Gasteiger partial charge in [0.1, 0.15) is 6.54 Å². The molecule has 2 rings (SSSR count). The molecule has 8 heteroatoms. The maximum absolute atomic E-state index is 11.9. The van der Waals surface area contributed by atoms with Crippen LogP contribution in [0.3, 0.4) is 0 Å². The lowest BCUT2D eigenvalue weighted by Gasteiger charge is -2.34. The highest BCUT2D eigenvalue weighted by Gasteiger charge is 2.39. The molecule has 1 fully saturated rings. The number of amides is 1. The number of nitrogens with zero attached hydrogens (tertiary/aromatic N) is 3. The van der Waals surface area contributed by atoms with Crippen LogP contribution < -0.4 is 0 Å². The van der Waals surface area contributed by atoms with Gasteiger partial charge in [0, 0.05) is 18.4 Å². The summed E-state index contributed by atoms with van der Waals surface area (Å²) in [6, 6.07) is 8.23. The van der Waals surface area contributed by atoms with Gasteiger partial charge in [0.25, 0.3) is 0 Å². The summed E-state index contributed by atoms with van der Waals surface area (Å²) in [5.74, 6) is -0.894. The Morgan fingerprint density at radius 2 is 1.95 bits per heavy atom. The highest BCUT2D eigenvalue weighted by Crippen LogP contribution is 2.13. The molecule has 21 heavy (non-hydrogen) atoms. The van der Waals surface area contributed by atoms with E-state index >= 15 is 0 Å². The van der Waals surface area contributed by atoms with Crippen LogP contribution in [0.15, 0.2) is 30.3 Å². The SMILES string of the molecule is CC(=O)N1CCN(OC(=O)c2ccccc2)C([N+](=O)[O-])C1. The summed E-state index contributed by atoms with van der Waals surface area (Å²) in [4.78, 5) is 40.2. The number of hydroxylamine groups is 2. The fourth-order valence-corrected chi connectivity index (χ4v) is 2.05. The fourth-order valence-electron chi connectivity index (χ4n) is 2.05. The fraction of sp³-hybridized carbons (Fsp3) is 0.385. The summed E-state index contributed by atoms with van der Waals surface area (Å²) in [5.41, 5.74) is 0.314. The smallest absolute Gasteiger partial charge is 0.357 e. The molecule has 1 unspecified atom stereocenters. The quantitative estimate of drug-likeness (QED) is 0.596. The van der Waals surface area contributed by atoms with E-state index < -0.39 is 17.1 Å². The molecule has 112 valence electrons. The zero-order valence-electron chi connectivity index (χ0n) is 11.5. The van der Waals surface area contributed by atoms with Crippen molar-refractivity contribution in [3.05, 3.63) is 46.0 Å². The van der Waals surface area contributed by atoms with Gasteiger partial charge < -0.3 is 9.74 Å². The van der Waals surface area contributed by atoms with Crippen molar-refractivity contribution in [3.63, 3.8) is 0 Å². The van der Waals surface area contributed by atoms with E-state index in [1.54, 1.807) is 30.3 Å². The monoisotopic (exact) mass is 293 g/mol. The lowest BCUT2D eigenvalue weighted by atomic mass is 10.2. The van der Waals surface area contributed by atoms with E-state index in [1.807, 2.05) is 0 Å². The van der Waals surface area contributed by atoms with E-state index in [-0.39, 0.29) is 25.5 Å². The maximum atomic E-state index is 11.9. The Morgan fingerprint density at radius 1 is 1.29 bits per heavy atom. The van der Waals surface area contributed by atoms with Crippen molar-refractivity contribution in [1.82, 2.24) is 9.96 Å². The van der Waals surface area contributed by atoms with Crippen LogP contribution in [-0.2, 0) is 9.63 Å². The molecule has 0 N–H and O–H groups in total. The van der Waals surface area contributed by atoms with Crippen molar-refractivity contribution in [3.8, 4) is 0 Å². The first-order valence-corrected chi connectivity index (χ1v) is 6.42. The lowest BCUT2D eigenvalue weighted by molar-refractivity contribution is -0.574. The van der Waals surface area contributed by atoms with Gasteiger partial charge in [-0.15, -0.1) is 0 Å². The molecule has 1 aromatic rings. The van der Waals surface area contributed by atoms with Crippen LogP contribution in [0.2, 0.25) is 0 Å². The minimum atomic E-state index is -1.25. The van der Waals surface area contributed by atoms with Crippen LogP contribution in [0.25, 0.3) is 0 Å². The van der Waals surface area contributed by atoms with Gasteiger partial charge in [-0.3, -0.25) is 14.9 Å². The average molecular weight is 293 g/mol. The first-order chi connectivity index (χ1) is 9.99. The molecule has 1 heterocycles. The Kier molecular flexibility index (Phi) is 4.49. The van der Waals surface area contributed by atoms with Gasteiger partial charge in [-0.1, -0.05) is 23.3 Å². The molecule has 1 atom stereocenters. The Balaban J connectivity index is 2.06. The molecule has 0 aliphatic carbocycles. The van der Waals surface area contributed by atoms with Crippen molar-refractivity contribution in [1.29, 1.82) is 0 Å². The van der Waals surface area contributed by atoms with Gasteiger partial charge >= 0.3 is 12.1 Å². The Morgan fingerprint density at radius 3 is 2.52 bits per heavy atom. The molecule has 1 aliphatic heterocycles. The lowest BCUT2D eigenvalue weighted by Crippen LogP contribution is -2.57. The standard InChI is InChI=1S/C13H15N3O5/c1-10(17)14-7-8-15(12(9-14)16(19)20)21-13(18)11-5-3-2-4-6-11/h2-6,12H,7-9H2,1H3. The van der Waals surface area contributed by atoms with E-state index in [9.17, 15) is 19.7 Å². The Bertz CT molecular complexity index is 548. The molecular formula is C13H15N3O5. The molecule has 1 saturated heterocycles. The van der Waals surface area contributed by atoms with Crippen LogP contribution in [0.4, 0.5) is 0 Å². The second kappa shape index (κ2) is 6.31. The zero-order valence-corrected chi connectivity index (χ0v) is 11.5. The molecule has 8 nitrogen and oxygen atoms in total. The molecule has 1 aromatic carbocycles. The predicted molar refractivity (Wildman–Crippen MR) is 71.6 cm³/mol. The third-order valence-corrected chi connectivity index (χ3v) is 3.20. The van der Waals surface area contributed by atoms with Crippen molar-refractivity contribution in [2.75, 3.05) is 19.6 Å². The summed E-state index contributed by atoms with van der Waals surface area (Å²) in [6.45, 7) is 1.62. The molecule has 0 radical (unpaired) electrons. The molecule has 0 saturated carbocycles. The second-order valence-corrected chi connectivity index (χ2v) is 4.62. The molecule has 0 bridgehead atoms. The van der Waals surface area contributed by atoms with Crippen LogP contribution in [-0.4, -0.2) is 52.6 Å². The van der Waals surface area contributed by atoms with Gasteiger partial charge in [-0.2, -0.15) is 0 Å². The normalized spacial score (nSPS) is 19.1. The van der Waals surface area contributed by atoms with E-state index in [1.165, 1.54) is 11.8 Å². The number of hydrogen-bond donors (Lipinski definition) is 0. The summed E-state index contributed by atoms with van der Waals surface area (Å²) in [5, 5.41) is 12.1. The van der Waals surface area contributed by atoms with Crippen LogP contribution in [0, 0.1) is 10.1 Å². The Hall–Kier alpha value is -2.48. The third kappa shape index (κ3) is 3.54. The van der Waals surface area contributed by atoms with Crippen LogP contribution in [0.1, 0.15) is 17.3 Å². The minimum Gasteiger partial charge on any atom is -0.357 e. The second-order valence-electron chi connectivity index (χ2n) is 4.62. The zero-order chi connectivity index (χ0) is 15.4. The first-order valence-electron chi connectivity index (χ1n) is 6.42. The highest BCUT2D eigenvalue weighted by molar-refractivity contribution is 5.89. The summed E-state index contributed by atoms with van der Waals surface area (Å²) < 4.78 is 0.